The topological polar surface area (TPSA) is 58.6 Å². The first-order chi connectivity index (χ1) is 15.5. The Bertz CT molecular complexity index is 981. The van der Waals surface area contributed by atoms with Crippen molar-refractivity contribution in [2.24, 2.45) is 5.92 Å². The highest BCUT2D eigenvalue weighted by atomic mass is 16.5. The first-order valence-electron chi connectivity index (χ1n) is 11.9. The Hall–Kier alpha value is -2.82. The Labute approximate surface area is 191 Å². The van der Waals surface area contributed by atoms with Crippen LogP contribution in [0.1, 0.15) is 67.8 Å². The molecule has 1 fully saturated rings. The molecule has 0 aromatic heterocycles. The summed E-state index contributed by atoms with van der Waals surface area (Å²) in [5, 5.41) is 2.81. The largest absolute Gasteiger partial charge is 0.481 e. The van der Waals surface area contributed by atoms with E-state index in [9.17, 15) is 9.59 Å². The molecule has 0 saturated heterocycles. The van der Waals surface area contributed by atoms with Crippen molar-refractivity contribution in [1.29, 1.82) is 0 Å². The molecule has 0 unspecified atom stereocenters. The fraction of sp³-hybridized carbons (Fsp3) is 0.481. The number of rotatable bonds is 6. The van der Waals surface area contributed by atoms with Crippen LogP contribution in [0.3, 0.4) is 0 Å². The lowest BCUT2D eigenvalue weighted by molar-refractivity contribution is -0.137. The summed E-state index contributed by atoms with van der Waals surface area (Å²) in [6.45, 7) is 7.05. The number of nitrogens with zero attached hydrogens (tertiary/aromatic N) is 1. The maximum absolute atomic E-state index is 13.5. The first kappa shape index (κ1) is 22.4. The Morgan fingerprint density at radius 2 is 1.94 bits per heavy atom. The molecule has 1 saturated carbocycles. The standard InChI is InChI=1S/C27H34N2O3/c1-4-28-26(30)19(3)32-23-13-12-20-14-15-29(27(31)21-9-5-6-10-21)25(24(20)17-23)22-11-7-8-18(2)16-22/h7-8,11-13,16-17,19,21,25H,4-6,9-10,14-15H2,1-3H3,(H,28,30)/t19-,25-/m0/s1. The van der Waals surface area contributed by atoms with E-state index in [0.717, 1.165) is 49.8 Å². The molecule has 0 radical (unpaired) electrons. The van der Waals surface area contributed by atoms with Gasteiger partial charge >= 0.3 is 0 Å². The molecule has 5 nitrogen and oxygen atoms in total. The van der Waals surface area contributed by atoms with Gasteiger partial charge in [-0.25, -0.2) is 0 Å². The van der Waals surface area contributed by atoms with Crippen molar-refractivity contribution in [1.82, 2.24) is 10.2 Å². The van der Waals surface area contributed by atoms with E-state index < -0.39 is 6.10 Å². The minimum Gasteiger partial charge on any atom is -0.481 e. The summed E-state index contributed by atoms with van der Waals surface area (Å²) in [4.78, 5) is 27.8. The number of amides is 2. The molecule has 32 heavy (non-hydrogen) atoms. The zero-order valence-corrected chi connectivity index (χ0v) is 19.4. The van der Waals surface area contributed by atoms with Crippen molar-refractivity contribution < 1.29 is 14.3 Å². The maximum Gasteiger partial charge on any atom is 0.260 e. The Morgan fingerprint density at radius 1 is 1.16 bits per heavy atom. The summed E-state index contributed by atoms with van der Waals surface area (Å²) in [5.41, 5.74) is 4.66. The average Bonchev–Trinajstić information content (AvgIpc) is 3.33. The molecule has 2 amide bonds. The van der Waals surface area contributed by atoms with Gasteiger partial charge in [0.05, 0.1) is 6.04 Å². The third-order valence-corrected chi connectivity index (χ3v) is 6.72. The molecule has 2 aromatic rings. The van der Waals surface area contributed by atoms with Crippen LogP contribution < -0.4 is 10.1 Å². The maximum atomic E-state index is 13.5. The van der Waals surface area contributed by atoms with Gasteiger partial charge in [-0.05, 0) is 68.9 Å². The summed E-state index contributed by atoms with van der Waals surface area (Å²) in [6.07, 6.45) is 4.54. The fourth-order valence-electron chi connectivity index (χ4n) is 5.09. The van der Waals surface area contributed by atoms with E-state index in [4.69, 9.17) is 4.74 Å². The van der Waals surface area contributed by atoms with Crippen molar-refractivity contribution in [3.05, 3.63) is 64.7 Å². The second-order valence-corrected chi connectivity index (χ2v) is 9.09. The third-order valence-electron chi connectivity index (χ3n) is 6.72. The Balaban J connectivity index is 1.70. The second-order valence-electron chi connectivity index (χ2n) is 9.09. The van der Waals surface area contributed by atoms with E-state index in [1.54, 1.807) is 6.92 Å². The van der Waals surface area contributed by atoms with Gasteiger partial charge in [-0.15, -0.1) is 0 Å². The SMILES string of the molecule is CCNC(=O)[C@H](C)Oc1ccc2c(c1)[C@H](c1cccc(C)c1)N(C(=O)C1CCCC1)CC2. The molecule has 1 heterocycles. The molecular weight excluding hydrogens is 400 g/mol. The number of carbonyl (C=O) groups is 2. The van der Waals surface area contributed by atoms with E-state index in [1.807, 2.05) is 19.1 Å². The smallest absolute Gasteiger partial charge is 0.260 e. The van der Waals surface area contributed by atoms with Gasteiger partial charge in [-0.1, -0.05) is 48.7 Å². The van der Waals surface area contributed by atoms with Gasteiger partial charge in [0.25, 0.3) is 5.91 Å². The van der Waals surface area contributed by atoms with Crippen LogP contribution >= 0.6 is 0 Å². The highest BCUT2D eigenvalue weighted by Gasteiger charge is 2.36. The van der Waals surface area contributed by atoms with Crippen LogP contribution in [-0.2, 0) is 16.0 Å². The predicted octanol–water partition coefficient (Wildman–Crippen LogP) is 4.56. The number of hydrogen-bond donors (Lipinski definition) is 1. The lowest BCUT2D eigenvalue weighted by Crippen LogP contribution is -2.43. The summed E-state index contributed by atoms with van der Waals surface area (Å²) >= 11 is 0. The molecule has 2 aromatic carbocycles. The van der Waals surface area contributed by atoms with Crippen molar-refractivity contribution >= 4 is 11.8 Å². The normalized spacial score (nSPS) is 19.3. The Morgan fingerprint density at radius 3 is 2.66 bits per heavy atom. The van der Waals surface area contributed by atoms with Gasteiger partial charge < -0.3 is 15.0 Å². The van der Waals surface area contributed by atoms with E-state index >= 15 is 0 Å². The second kappa shape index (κ2) is 9.76. The van der Waals surface area contributed by atoms with Gasteiger partial charge in [-0.3, -0.25) is 9.59 Å². The highest BCUT2D eigenvalue weighted by molar-refractivity contribution is 5.81. The van der Waals surface area contributed by atoms with E-state index in [0.29, 0.717) is 12.3 Å². The minimum atomic E-state index is -0.578. The number of benzene rings is 2. The third kappa shape index (κ3) is 4.67. The summed E-state index contributed by atoms with van der Waals surface area (Å²) in [5.74, 6) is 0.955. The molecular formula is C27H34N2O3. The van der Waals surface area contributed by atoms with E-state index in [-0.39, 0.29) is 23.8 Å². The lowest BCUT2D eigenvalue weighted by Gasteiger charge is -2.39. The first-order valence-corrected chi connectivity index (χ1v) is 11.9. The Kier molecular flexibility index (Phi) is 6.83. The molecule has 1 aliphatic heterocycles. The molecule has 2 aliphatic rings. The monoisotopic (exact) mass is 434 g/mol. The summed E-state index contributed by atoms with van der Waals surface area (Å²) in [6, 6.07) is 14.4. The lowest BCUT2D eigenvalue weighted by atomic mass is 9.86. The molecule has 1 aliphatic carbocycles. The summed E-state index contributed by atoms with van der Waals surface area (Å²) in [7, 11) is 0. The summed E-state index contributed by atoms with van der Waals surface area (Å²) < 4.78 is 5.98. The minimum absolute atomic E-state index is 0.126. The highest BCUT2D eigenvalue weighted by Crippen LogP contribution is 2.40. The number of likely N-dealkylation sites (N-methyl/N-ethyl adjacent to an activating group) is 1. The van der Waals surface area contributed by atoms with Crippen LogP contribution in [0.15, 0.2) is 42.5 Å². The molecule has 4 rings (SSSR count). The quantitative estimate of drug-likeness (QED) is 0.725. The van der Waals surface area contributed by atoms with Gasteiger partial charge in [0.2, 0.25) is 5.91 Å². The van der Waals surface area contributed by atoms with Crippen LogP contribution in [0.2, 0.25) is 0 Å². The predicted molar refractivity (Wildman–Crippen MR) is 126 cm³/mol. The molecule has 1 N–H and O–H groups in total. The molecule has 0 bridgehead atoms. The van der Waals surface area contributed by atoms with Crippen molar-refractivity contribution in [2.75, 3.05) is 13.1 Å². The number of ether oxygens (including phenoxy) is 1. The zero-order chi connectivity index (χ0) is 22.7. The van der Waals surface area contributed by atoms with Crippen molar-refractivity contribution in [3.63, 3.8) is 0 Å². The number of carbonyl (C=O) groups excluding carboxylic acids is 2. The number of fused-ring (bicyclic) bond motifs is 1. The van der Waals surface area contributed by atoms with Crippen LogP contribution in [0, 0.1) is 12.8 Å². The van der Waals surface area contributed by atoms with Crippen LogP contribution in [-0.4, -0.2) is 35.9 Å². The van der Waals surface area contributed by atoms with Crippen LogP contribution in [0.4, 0.5) is 0 Å². The van der Waals surface area contributed by atoms with Gasteiger partial charge in [0.1, 0.15) is 5.75 Å². The van der Waals surface area contributed by atoms with Crippen molar-refractivity contribution in [2.45, 2.75) is 65.0 Å². The van der Waals surface area contributed by atoms with Gasteiger partial charge in [0.15, 0.2) is 6.10 Å². The van der Waals surface area contributed by atoms with E-state index in [2.05, 4.69) is 47.5 Å². The average molecular weight is 435 g/mol. The fourth-order valence-corrected chi connectivity index (χ4v) is 5.09. The zero-order valence-electron chi connectivity index (χ0n) is 19.4. The molecule has 5 heteroatoms. The number of nitrogens with one attached hydrogen (secondary N) is 1. The molecule has 2 atom stereocenters. The van der Waals surface area contributed by atoms with E-state index in [1.165, 1.54) is 11.1 Å². The van der Waals surface area contributed by atoms with Gasteiger partial charge in [0, 0.05) is 19.0 Å². The van der Waals surface area contributed by atoms with Gasteiger partial charge in [-0.2, -0.15) is 0 Å². The number of hydrogen-bond acceptors (Lipinski definition) is 3. The number of aryl methyl sites for hydroxylation is 1. The van der Waals surface area contributed by atoms with Crippen LogP contribution in [0.25, 0.3) is 0 Å². The molecule has 0 spiro atoms. The van der Waals surface area contributed by atoms with Crippen molar-refractivity contribution in [3.8, 4) is 5.75 Å². The molecule has 170 valence electrons. The van der Waals surface area contributed by atoms with Crippen LogP contribution in [0.5, 0.6) is 5.75 Å².